The minimum atomic E-state index is -0.226. The summed E-state index contributed by atoms with van der Waals surface area (Å²) >= 11 is 0. The number of hydrogen-bond donors (Lipinski definition) is 0. The van der Waals surface area contributed by atoms with Crippen LogP contribution in [-0.2, 0) is 9.53 Å². The van der Waals surface area contributed by atoms with Gasteiger partial charge in [-0.15, -0.1) is 0 Å². The van der Waals surface area contributed by atoms with Crippen LogP contribution in [0.5, 0.6) is 0 Å². The van der Waals surface area contributed by atoms with E-state index >= 15 is 0 Å². The third-order valence-electron chi connectivity index (χ3n) is 3.56. The summed E-state index contributed by atoms with van der Waals surface area (Å²) in [7, 11) is 0. The fourth-order valence-electron chi connectivity index (χ4n) is 2.73. The van der Waals surface area contributed by atoms with Gasteiger partial charge in [0.15, 0.2) is 0 Å². The average molecular weight is 244 g/mol. The molecule has 0 N–H and O–H groups in total. The third-order valence-corrected chi connectivity index (χ3v) is 3.56. The monoisotopic (exact) mass is 244 g/mol. The molecule has 0 unspecified atom stereocenters. The molecule has 0 heterocycles. The third kappa shape index (κ3) is 3.22. The summed E-state index contributed by atoms with van der Waals surface area (Å²) in [6.45, 7) is 2.27. The number of benzene rings is 1. The maximum atomic E-state index is 11.3. The first-order valence-corrected chi connectivity index (χ1v) is 6.71. The van der Waals surface area contributed by atoms with Crippen molar-refractivity contribution < 1.29 is 9.53 Å². The summed E-state index contributed by atoms with van der Waals surface area (Å²) in [6.07, 6.45) is 7.23. The van der Waals surface area contributed by atoms with Crippen molar-refractivity contribution in [3.63, 3.8) is 0 Å². The molecule has 1 saturated carbocycles. The summed E-state index contributed by atoms with van der Waals surface area (Å²) < 4.78 is 4.92. The zero-order valence-electron chi connectivity index (χ0n) is 10.8. The Morgan fingerprint density at radius 2 is 2.11 bits per heavy atom. The molecule has 0 bridgehead atoms. The Morgan fingerprint density at radius 3 is 2.83 bits per heavy atom. The van der Waals surface area contributed by atoms with Crippen molar-refractivity contribution >= 4 is 5.97 Å². The van der Waals surface area contributed by atoms with Crippen molar-refractivity contribution in [2.24, 2.45) is 5.92 Å². The number of carbonyl (C=O) groups excluding carboxylic acids is 1. The van der Waals surface area contributed by atoms with E-state index in [0.29, 0.717) is 18.4 Å². The summed E-state index contributed by atoms with van der Waals surface area (Å²) in [5, 5.41) is 0. The lowest BCUT2D eigenvalue weighted by Gasteiger charge is -2.16. The molecule has 2 nitrogen and oxygen atoms in total. The van der Waals surface area contributed by atoms with E-state index in [0.717, 1.165) is 6.42 Å². The number of hydrogen-bond acceptors (Lipinski definition) is 2. The van der Waals surface area contributed by atoms with Gasteiger partial charge in [0.2, 0.25) is 0 Å². The quantitative estimate of drug-likeness (QED) is 0.596. The van der Waals surface area contributed by atoms with E-state index in [4.69, 9.17) is 4.74 Å². The van der Waals surface area contributed by atoms with Gasteiger partial charge in [0, 0.05) is 6.08 Å². The van der Waals surface area contributed by atoms with E-state index in [1.165, 1.54) is 18.4 Å². The van der Waals surface area contributed by atoms with Crippen LogP contribution >= 0.6 is 0 Å². The summed E-state index contributed by atoms with van der Waals surface area (Å²) in [5.41, 5.74) is 1.38. The van der Waals surface area contributed by atoms with Crippen molar-refractivity contribution in [1.29, 1.82) is 0 Å². The van der Waals surface area contributed by atoms with Crippen molar-refractivity contribution in [1.82, 2.24) is 0 Å². The molecule has 18 heavy (non-hydrogen) atoms. The molecule has 1 aromatic rings. The summed E-state index contributed by atoms with van der Waals surface area (Å²) in [4.78, 5) is 11.3. The molecule has 2 atom stereocenters. The maximum absolute atomic E-state index is 11.3. The molecule has 0 aromatic heterocycles. The van der Waals surface area contributed by atoms with Gasteiger partial charge in [-0.3, -0.25) is 0 Å². The first kappa shape index (κ1) is 12.9. The van der Waals surface area contributed by atoms with E-state index in [9.17, 15) is 4.79 Å². The highest BCUT2D eigenvalue weighted by molar-refractivity contribution is 5.81. The topological polar surface area (TPSA) is 26.3 Å². The van der Waals surface area contributed by atoms with Gasteiger partial charge in [-0.2, -0.15) is 0 Å². The van der Waals surface area contributed by atoms with Crippen LogP contribution in [0, 0.1) is 5.92 Å². The molecule has 0 saturated heterocycles. The van der Waals surface area contributed by atoms with Crippen molar-refractivity contribution in [3.05, 3.63) is 48.0 Å². The predicted molar refractivity (Wildman–Crippen MR) is 72.3 cm³/mol. The minimum Gasteiger partial charge on any atom is -0.463 e. The van der Waals surface area contributed by atoms with Crippen molar-refractivity contribution in [2.45, 2.75) is 32.1 Å². The molecule has 1 fully saturated rings. The second kappa shape index (κ2) is 6.39. The Bertz CT molecular complexity index is 408. The van der Waals surface area contributed by atoms with E-state index in [-0.39, 0.29) is 5.97 Å². The van der Waals surface area contributed by atoms with Gasteiger partial charge in [-0.05, 0) is 37.2 Å². The van der Waals surface area contributed by atoms with Gasteiger partial charge in [0.25, 0.3) is 0 Å². The second-order valence-electron chi connectivity index (χ2n) is 4.72. The first-order chi connectivity index (χ1) is 8.81. The van der Waals surface area contributed by atoms with E-state index in [1.54, 1.807) is 6.08 Å². The number of allylic oxidation sites excluding steroid dienone is 1. The molecule has 0 amide bonds. The highest BCUT2D eigenvalue weighted by atomic mass is 16.5. The van der Waals surface area contributed by atoms with Crippen LogP contribution in [0.1, 0.15) is 37.7 Å². The fraction of sp³-hybridized carbons (Fsp3) is 0.438. The molecule has 2 heteroatoms. The zero-order chi connectivity index (χ0) is 12.8. The van der Waals surface area contributed by atoms with E-state index < -0.39 is 0 Å². The van der Waals surface area contributed by atoms with Crippen LogP contribution in [0.3, 0.4) is 0 Å². The molecular weight excluding hydrogens is 224 g/mol. The fourth-order valence-corrected chi connectivity index (χ4v) is 2.73. The minimum absolute atomic E-state index is 0.226. The predicted octanol–water partition coefficient (Wildman–Crippen LogP) is 3.69. The zero-order valence-corrected chi connectivity index (χ0v) is 10.8. The van der Waals surface area contributed by atoms with Crippen LogP contribution in [0.15, 0.2) is 42.5 Å². The summed E-state index contributed by atoms with van der Waals surface area (Å²) in [5.74, 6) is 0.796. The van der Waals surface area contributed by atoms with Gasteiger partial charge < -0.3 is 4.74 Å². The van der Waals surface area contributed by atoms with E-state index in [1.807, 2.05) is 19.1 Å². The molecule has 1 aliphatic rings. The normalized spacial score (nSPS) is 23.4. The molecule has 2 rings (SSSR count). The number of ether oxygens (including phenoxy) is 1. The Balaban J connectivity index is 2.02. The largest absolute Gasteiger partial charge is 0.463 e. The van der Waals surface area contributed by atoms with Crippen LogP contribution in [0.4, 0.5) is 0 Å². The number of rotatable bonds is 4. The van der Waals surface area contributed by atoms with Crippen LogP contribution in [0.25, 0.3) is 0 Å². The highest BCUT2D eigenvalue weighted by Crippen LogP contribution is 2.40. The van der Waals surface area contributed by atoms with Crippen LogP contribution in [0.2, 0.25) is 0 Å². The molecule has 96 valence electrons. The van der Waals surface area contributed by atoms with Crippen molar-refractivity contribution in [2.75, 3.05) is 6.61 Å². The lowest BCUT2D eigenvalue weighted by atomic mass is 9.89. The molecule has 0 aliphatic heterocycles. The molecule has 0 radical (unpaired) electrons. The first-order valence-electron chi connectivity index (χ1n) is 6.71. The SMILES string of the molecule is CCOC(=O)/C=C/[C@@H]1CCC[C@H]1c1ccccc1. The Hall–Kier alpha value is -1.57. The van der Waals surface area contributed by atoms with Gasteiger partial charge in [0.05, 0.1) is 6.61 Å². The smallest absolute Gasteiger partial charge is 0.330 e. The average Bonchev–Trinajstić information content (AvgIpc) is 2.86. The van der Waals surface area contributed by atoms with Crippen LogP contribution in [-0.4, -0.2) is 12.6 Å². The van der Waals surface area contributed by atoms with Gasteiger partial charge in [-0.25, -0.2) is 4.79 Å². The highest BCUT2D eigenvalue weighted by Gasteiger charge is 2.26. The molecule has 0 spiro atoms. The number of carbonyl (C=O) groups is 1. The molecular formula is C16H20O2. The van der Waals surface area contributed by atoms with Gasteiger partial charge >= 0.3 is 5.97 Å². The lowest BCUT2D eigenvalue weighted by Crippen LogP contribution is -2.05. The van der Waals surface area contributed by atoms with Crippen LogP contribution < -0.4 is 0 Å². The van der Waals surface area contributed by atoms with Gasteiger partial charge in [0.1, 0.15) is 0 Å². The second-order valence-corrected chi connectivity index (χ2v) is 4.72. The Labute approximate surface area is 109 Å². The lowest BCUT2D eigenvalue weighted by molar-refractivity contribution is -0.137. The number of esters is 1. The van der Waals surface area contributed by atoms with Crippen molar-refractivity contribution in [3.8, 4) is 0 Å². The Kier molecular flexibility index (Phi) is 4.57. The van der Waals surface area contributed by atoms with Gasteiger partial charge in [-0.1, -0.05) is 42.8 Å². The maximum Gasteiger partial charge on any atom is 0.330 e. The Morgan fingerprint density at radius 1 is 1.33 bits per heavy atom. The molecule has 1 aliphatic carbocycles. The standard InChI is InChI=1S/C16H20O2/c1-2-18-16(17)12-11-14-9-6-10-15(14)13-7-4-3-5-8-13/h3-5,7-8,11-12,14-15H,2,6,9-10H2,1H3/b12-11+/t14-,15-/m0/s1. The van der Waals surface area contributed by atoms with E-state index in [2.05, 4.69) is 24.3 Å². The molecule has 1 aromatic carbocycles. The summed E-state index contributed by atoms with van der Waals surface area (Å²) in [6, 6.07) is 10.6.